The smallest absolute Gasteiger partial charge is 0.0701 e. The SMILES string of the molecule is COCCOCCOCCC1(CCOCCOCCOC)c2ccccc2-c2ccc(-c3cc4c5cccc6c7cccc8c9cc(-c%10ccc%11c(c%10)C(CCOCCOCCOC)(CCOCCOCCOC)c%10ccccc%10-%11)cc%10c%11cccc%12c%13cccc%14c(c3)c4c3c(c65)c(c78)c(c9%10)c(c%12%11)c3c%13%14)cc21. The van der Waals surface area contributed by atoms with E-state index < -0.39 is 10.8 Å². The summed E-state index contributed by atoms with van der Waals surface area (Å²) in [5, 5.41) is 31.8. The summed E-state index contributed by atoms with van der Waals surface area (Å²) < 4.78 is 70.4. The predicted molar refractivity (Wildman–Crippen MR) is 439 cm³/mol. The second kappa shape index (κ2) is 29.4. The first-order valence-electron chi connectivity index (χ1n) is 38.7. The van der Waals surface area contributed by atoms with Crippen molar-refractivity contribution in [3.63, 3.8) is 0 Å². The van der Waals surface area contributed by atoms with Gasteiger partial charge in [-0.25, -0.2) is 0 Å². The van der Waals surface area contributed by atoms with Crippen molar-refractivity contribution in [2.75, 3.05) is 161 Å². The Hall–Kier alpha value is -9.06. The molecule has 0 N–H and O–H groups in total. The highest BCUT2D eigenvalue weighted by Crippen LogP contribution is 2.62. The van der Waals surface area contributed by atoms with Crippen LogP contribution in [-0.2, 0) is 67.7 Å². The highest BCUT2D eigenvalue weighted by atomic mass is 16.6. The summed E-state index contributed by atoms with van der Waals surface area (Å²) >= 11 is 0. The number of ether oxygens (including phenoxy) is 12. The van der Waals surface area contributed by atoms with Gasteiger partial charge in [-0.15, -0.1) is 0 Å². The molecule has 0 fully saturated rings. The van der Waals surface area contributed by atoms with E-state index in [0.29, 0.717) is 132 Å². The summed E-state index contributed by atoms with van der Waals surface area (Å²) in [6, 6.07) is 71.4. The van der Waals surface area contributed by atoms with Gasteiger partial charge in [0.25, 0.3) is 0 Å². The van der Waals surface area contributed by atoms with Crippen LogP contribution in [-0.4, -0.2) is 161 Å². The van der Waals surface area contributed by atoms with Gasteiger partial charge in [-0.2, -0.15) is 0 Å². The predicted octanol–water partition coefficient (Wildman–Crippen LogP) is 20.3. The largest absolute Gasteiger partial charge is 0.382 e. The van der Waals surface area contributed by atoms with Crippen molar-refractivity contribution in [3.8, 4) is 44.5 Å². The molecule has 108 heavy (non-hydrogen) atoms. The summed E-state index contributed by atoms with van der Waals surface area (Å²) in [4.78, 5) is 0. The van der Waals surface area contributed by atoms with Gasteiger partial charge in [-0.05, 0) is 258 Å². The molecule has 0 spiro atoms. The van der Waals surface area contributed by atoms with E-state index in [1.165, 1.54) is 196 Å². The monoisotopic (exact) mass is 1430 g/mol. The van der Waals surface area contributed by atoms with Gasteiger partial charge < -0.3 is 56.8 Å². The van der Waals surface area contributed by atoms with Crippen LogP contribution in [0.25, 0.3) is 174 Å². The first-order chi connectivity index (χ1) is 53.5. The van der Waals surface area contributed by atoms with Crippen molar-refractivity contribution in [2.24, 2.45) is 0 Å². The van der Waals surface area contributed by atoms with E-state index in [1.54, 1.807) is 28.4 Å². The molecule has 12 nitrogen and oxygen atoms in total. The minimum atomic E-state index is -0.391. The van der Waals surface area contributed by atoms with Crippen molar-refractivity contribution in [1.82, 2.24) is 0 Å². The Balaban J connectivity index is 0.787. The lowest BCUT2D eigenvalue weighted by Crippen LogP contribution is -2.29. The van der Waals surface area contributed by atoms with E-state index in [1.807, 2.05) is 0 Å². The Morgan fingerprint density at radius 3 is 0.694 bits per heavy atom. The van der Waals surface area contributed by atoms with Crippen molar-refractivity contribution < 1.29 is 56.8 Å². The third-order valence-electron chi connectivity index (χ3n) is 24.4. The quantitative estimate of drug-likeness (QED) is 0.0209. The Morgan fingerprint density at radius 2 is 0.417 bits per heavy atom. The lowest BCUT2D eigenvalue weighted by atomic mass is 9.72. The minimum absolute atomic E-state index is 0.391. The van der Waals surface area contributed by atoms with Gasteiger partial charge in [-0.1, -0.05) is 146 Å². The van der Waals surface area contributed by atoms with E-state index in [0.717, 1.165) is 25.7 Å². The number of hydrogen-bond acceptors (Lipinski definition) is 12. The highest BCUT2D eigenvalue weighted by Gasteiger charge is 2.45. The number of benzene rings is 17. The molecule has 0 saturated carbocycles. The van der Waals surface area contributed by atoms with Crippen molar-refractivity contribution in [2.45, 2.75) is 36.5 Å². The zero-order valence-electron chi connectivity index (χ0n) is 62.2. The molecule has 2 aliphatic rings. The highest BCUT2D eigenvalue weighted by molar-refractivity contribution is 6.61. The maximum Gasteiger partial charge on any atom is 0.0701 e. The molecule has 0 unspecified atom stereocenters. The van der Waals surface area contributed by atoms with Gasteiger partial charge in [0.2, 0.25) is 0 Å². The molecule has 0 radical (unpaired) electrons. The van der Waals surface area contributed by atoms with E-state index in [-0.39, 0.29) is 0 Å². The molecule has 0 saturated heterocycles. The summed E-state index contributed by atoms with van der Waals surface area (Å²) in [6.07, 6.45) is 3.11. The molecule has 0 amide bonds. The van der Waals surface area contributed by atoms with E-state index in [4.69, 9.17) is 56.8 Å². The summed E-state index contributed by atoms with van der Waals surface area (Å²) in [5.41, 5.74) is 14.3. The lowest BCUT2D eigenvalue weighted by molar-refractivity contribution is 0.0145. The van der Waals surface area contributed by atoms with E-state index >= 15 is 0 Å². The van der Waals surface area contributed by atoms with Crippen LogP contribution in [0.3, 0.4) is 0 Å². The van der Waals surface area contributed by atoms with E-state index in [9.17, 15) is 0 Å². The van der Waals surface area contributed by atoms with Crippen LogP contribution < -0.4 is 0 Å². The first-order valence-corrected chi connectivity index (χ1v) is 38.7. The standard InChI is InChI=1S/C96H90O12/c1-97-37-41-105-49-45-101-33-29-95(30-34-102-46-50-106-42-38-98-2)79-23-7-5-13-63(79)65-27-25-59(57-81(65)95)61-53-75-71-19-9-15-67-69-17-11-21-73-77-55-62(60-26-28-66-64-14-6-8-24-80(64)96(82(66)58-60,31-35-103-47-51-107-43-39-99-3)32-36-104-48-52-108-44-40-100-4)56-78-74-22-12-18-70-68-16-10-20-72-76(54-61)87(75)93-89(83(67)71)91(85(69)73)94(88(77)78)92(86(70)74)90(93)84(68)72/h5-28,53-58H,29-52H2,1-4H3. The summed E-state index contributed by atoms with van der Waals surface area (Å²) in [6.45, 7) is 10.7. The maximum atomic E-state index is 6.49. The molecule has 0 heterocycles. The maximum absolute atomic E-state index is 6.49. The van der Waals surface area contributed by atoms with Crippen LogP contribution >= 0.6 is 0 Å². The molecule has 0 aromatic heterocycles. The normalized spacial score (nSPS) is 14.1. The van der Waals surface area contributed by atoms with Crippen LogP contribution in [0.2, 0.25) is 0 Å². The van der Waals surface area contributed by atoms with Crippen LogP contribution in [0, 0.1) is 0 Å². The average molecular weight is 1440 g/mol. The molecule has 546 valence electrons. The van der Waals surface area contributed by atoms with Gasteiger partial charge in [0, 0.05) is 65.7 Å². The molecular weight excluding hydrogens is 1350 g/mol. The molecule has 12 heteroatoms. The number of methoxy groups -OCH3 is 4. The minimum Gasteiger partial charge on any atom is -0.382 e. The Morgan fingerprint density at radius 1 is 0.185 bits per heavy atom. The van der Waals surface area contributed by atoms with E-state index in [2.05, 4.69) is 182 Å². The Kier molecular flexibility index (Phi) is 18.9. The fourth-order valence-electron chi connectivity index (χ4n) is 19.8. The molecule has 17 aromatic carbocycles. The molecule has 0 atom stereocenters. The number of fused-ring (bicyclic) bond motifs is 12. The zero-order chi connectivity index (χ0) is 72.5. The van der Waals surface area contributed by atoms with Gasteiger partial charge in [0.1, 0.15) is 0 Å². The molecule has 19 rings (SSSR count). The summed E-state index contributed by atoms with van der Waals surface area (Å²) in [7, 11) is 6.80. The Labute approximate surface area is 628 Å². The fourth-order valence-corrected chi connectivity index (χ4v) is 19.8. The first kappa shape index (κ1) is 69.4. The summed E-state index contributed by atoms with van der Waals surface area (Å²) in [5.74, 6) is 0. The van der Waals surface area contributed by atoms with Crippen LogP contribution in [0.15, 0.2) is 182 Å². The van der Waals surface area contributed by atoms with Crippen molar-refractivity contribution >= 4 is 129 Å². The van der Waals surface area contributed by atoms with Gasteiger partial charge in [0.15, 0.2) is 0 Å². The number of rotatable bonds is 38. The average Bonchev–Trinajstić information content (AvgIpc) is 0.753. The fraction of sp³-hybridized carbons (Fsp3) is 0.312. The van der Waals surface area contributed by atoms with Gasteiger partial charge in [0.05, 0.1) is 106 Å². The van der Waals surface area contributed by atoms with Gasteiger partial charge >= 0.3 is 0 Å². The second-order valence-electron chi connectivity index (χ2n) is 29.7. The molecule has 17 aromatic rings. The van der Waals surface area contributed by atoms with Gasteiger partial charge in [-0.3, -0.25) is 0 Å². The third kappa shape index (κ3) is 11.1. The van der Waals surface area contributed by atoms with Crippen LogP contribution in [0.4, 0.5) is 0 Å². The van der Waals surface area contributed by atoms with Crippen LogP contribution in [0.1, 0.15) is 47.9 Å². The van der Waals surface area contributed by atoms with Crippen molar-refractivity contribution in [3.05, 3.63) is 204 Å². The topological polar surface area (TPSA) is 111 Å². The molecule has 0 aliphatic heterocycles. The molecular formula is C96H90O12. The zero-order valence-corrected chi connectivity index (χ0v) is 62.2. The van der Waals surface area contributed by atoms with Crippen molar-refractivity contribution in [1.29, 1.82) is 0 Å². The number of hydrogen-bond donors (Lipinski definition) is 0. The lowest BCUT2D eigenvalue weighted by Gasteiger charge is -2.33. The molecule has 2 aliphatic carbocycles. The Bertz CT molecular complexity index is 5460. The second-order valence-corrected chi connectivity index (χ2v) is 29.7. The molecule has 0 bridgehead atoms. The van der Waals surface area contributed by atoms with Crippen LogP contribution in [0.5, 0.6) is 0 Å². The third-order valence-corrected chi connectivity index (χ3v) is 24.4.